The molecule has 0 saturated heterocycles. The van der Waals surface area contributed by atoms with Crippen molar-refractivity contribution in [2.45, 2.75) is 25.8 Å². The fraction of sp³-hybridized carbons (Fsp3) is 0.467. The monoisotopic (exact) mass is 295 g/mol. The van der Waals surface area contributed by atoms with Gasteiger partial charge in [-0.15, -0.1) is 0 Å². The number of carbonyl (C=O) groups is 2. The van der Waals surface area contributed by atoms with E-state index in [0.717, 1.165) is 24.2 Å². The first-order valence-corrected chi connectivity index (χ1v) is 7.84. The zero-order valence-corrected chi connectivity index (χ0v) is 12.7. The van der Waals surface area contributed by atoms with Crippen molar-refractivity contribution in [3.05, 3.63) is 35.9 Å². The molecule has 20 heavy (non-hydrogen) atoms. The van der Waals surface area contributed by atoms with Crippen molar-refractivity contribution in [2.24, 2.45) is 0 Å². The molecule has 1 N–H and O–H groups in total. The molecule has 1 aromatic carbocycles. The largest absolute Gasteiger partial charge is 0.467 e. The summed E-state index contributed by atoms with van der Waals surface area (Å²) in [5.74, 6) is 0.715. The molecular formula is C15H21NO3S. The summed E-state index contributed by atoms with van der Waals surface area (Å²) in [5, 5.41) is 2.73. The maximum Gasteiger partial charge on any atom is 0.333 e. The van der Waals surface area contributed by atoms with E-state index >= 15 is 0 Å². The molecule has 0 aromatic heterocycles. The molecule has 0 heterocycles. The van der Waals surface area contributed by atoms with E-state index in [1.165, 1.54) is 7.11 Å². The summed E-state index contributed by atoms with van der Waals surface area (Å²) in [7, 11) is 1.32. The van der Waals surface area contributed by atoms with Crippen molar-refractivity contribution in [1.82, 2.24) is 5.32 Å². The lowest BCUT2D eigenvalue weighted by atomic mass is 10.1. The van der Waals surface area contributed by atoms with Gasteiger partial charge < -0.3 is 10.1 Å². The molecule has 1 amide bonds. The molecular weight excluding hydrogens is 274 g/mol. The fourth-order valence-electron chi connectivity index (χ4n) is 1.66. The van der Waals surface area contributed by atoms with Crippen LogP contribution in [0.4, 0.5) is 0 Å². The van der Waals surface area contributed by atoms with Crippen LogP contribution in [0.2, 0.25) is 0 Å². The lowest BCUT2D eigenvalue weighted by molar-refractivity contribution is -0.145. The van der Waals surface area contributed by atoms with Crippen molar-refractivity contribution in [1.29, 1.82) is 0 Å². The minimum absolute atomic E-state index is 0.148. The second-order valence-corrected chi connectivity index (χ2v) is 5.45. The van der Waals surface area contributed by atoms with E-state index in [1.807, 2.05) is 18.2 Å². The van der Waals surface area contributed by atoms with Crippen molar-refractivity contribution in [2.75, 3.05) is 18.6 Å². The molecule has 0 aliphatic heterocycles. The van der Waals surface area contributed by atoms with E-state index in [2.05, 4.69) is 12.2 Å². The number of carbonyl (C=O) groups excluding carboxylic acids is 2. The van der Waals surface area contributed by atoms with Crippen LogP contribution in [-0.4, -0.2) is 30.5 Å². The second kappa shape index (κ2) is 9.42. The van der Waals surface area contributed by atoms with Crippen molar-refractivity contribution >= 4 is 23.6 Å². The Labute approximate surface area is 124 Å². The van der Waals surface area contributed by atoms with Gasteiger partial charge in [-0.05, 0) is 17.7 Å². The average molecular weight is 295 g/mol. The number of methoxy groups -OCH3 is 1. The molecule has 0 aliphatic rings. The van der Waals surface area contributed by atoms with E-state index in [-0.39, 0.29) is 5.91 Å². The fourth-order valence-corrected chi connectivity index (χ4v) is 2.56. The van der Waals surface area contributed by atoms with Gasteiger partial charge in [0.25, 0.3) is 0 Å². The van der Waals surface area contributed by atoms with Crippen LogP contribution in [0, 0.1) is 0 Å². The van der Waals surface area contributed by atoms with Crippen LogP contribution in [0.1, 0.15) is 31.4 Å². The first-order valence-electron chi connectivity index (χ1n) is 6.69. The van der Waals surface area contributed by atoms with Crippen molar-refractivity contribution in [3.63, 3.8) is 0 Å². The maximum atomic E-state index is 11.9. The Balaban J connectivity index is 2.58. The number of amides is 1. The normalized spacial score (nSPS) is 11.7. The number of thioether (sulfide) groups is 1. The molecule has 1 atom stereocenters. The van der Waals surface area contributed by atoms with E-state index in [9.17, 15) is 9.59 Å². The number of hydrogen-bond donors (Lipinski definition) is 1. The molecule has 110 valence electrons. The molecule has 0 fully saturated rings. The zero-order valence-electron chi connectivity index (χ0n) is 11.9. The predicted molar refractivity (Wildman–Crippen MR) is 81.6 cm³/mol. The van der Waals surface area contributed by atoms with Gasteiger partial charge in [0.1, 0.15) is 0 Å². The van der Waals surface area contributed by atoms with Gasteiger partial charge in [-0.2, -0.15) is 11.8 Å². The van der Waals surface area contributed by atoms with Crippen LogP contribution in [-0.2, 0) is 14.3 Å². The molecule has 4 nitrogen and oxygen atoms in total. The highest BCUT2D eigenvalue weighted by atomic mass is 32.2. The summed E-state index contributed by atoms with van der Waals surface area (Å²) in [6.45, 7) is 2.11. The highest BCUT2D eigenvalue weighted by Crippen LogP contribution is 2.14. The average Bonchev–Trinajstić information content (AvgIpc) is 2.49. The molecule has 0 radical (unpaired) electrons. The Morgan fingerprint density at radius 3 is 2.60 bits per heavy atom. The smallest absolute Gasteiger partial charge is 0.333 e. The van der Waals surface area contributed by atoms with E-state index < -0.39 is 12.0 Å². The molecule has 0 bridgehead atoms. The van der Waals surface area contributed by atoms with Gasteiger partial charge >= 0.3 is 5.97 Å². The van der Waals surface area contributed by atoms with Gasteiger partial charge in [0.15, 0.2) is 6.04 Å². The molecule has 0 saturated carbocycles. The summed E-state index contributed by atoms with van der Waals surface area (Å²) in [6, 6.07) is 8.37. The number of benzene rings is 1. The molecule has 0 spiro atoms. The second-order valence-electron chi connectivity index (χ2n) is 4.34. The molecule has 0 aliphatic carbocycles. The minimum atomic E-state index is -0.736. The Morgan fingerprint density at radius 2 is 2.00 bits per heavy atom. The minimum Gasteiger partial charge on any atom is -0.467 e. The number of nitrogens with one attached hydrogen (secondary N) is 1. The van der Waals surface area contributed by atoms with Crippen LogP contribution in [0.5, 0.6) is 0 Å². The zero-order chi connectivity index (χ0) is 14.8. The van der Waals surface area contributed by atoms with Crippen molar-refractivity contribution < 1.29 is 14.3 Å². The standard InChI is InChI=1S/C15H21NO3S/c1-3-4-10-20-11-13(17)16-14(15(18)19-2)12-8-6-5-7-9-12/h5-9,14H,3-4,10-11H2,1-2H3,(H,16,17). The third-order valence-electron chi connectivity index (χ3n) is 2.75. The quantitative estimate of drug-likeness (QED) is 0.591. The van der Waals surface area contributed by atoms with Gasteiger partial charge in [-0.3, -0.25) is 4.79 Å². The number of unbranched alkanes of at least 4 members (excludes halogenated alkanes) is 1. The number of ether oxygens (including phenoxy) is 1. The molecule has 5 heteroatoms. The van der Waals surface area contributed by atoms with E-state index in [4.69, 9.17) is 4.74 Å². The topological polar surface area (TPSA) is 55.4 Å². The number of rotatable bonds is 8. The lowest BCUT2D eigenvalue weighted by Crippen LogP contribution is -2.35. The number of esters is 1. The molecule has 1 unspecified atom stereocenters. The highest BCUT2D eigenvalue weighted by Gasteiger charge is 2.22. The Morgan fingerprint density at radius 1 is 1.30 bits per heavy atom. The third-order valence-corrected chi connectivity index (χ3v) is 3.79. The summed E-state index contributed by atoms with van der Waals surface area (Å²) < 4.78 is 4.75. The van der Waals surface area contributed by atoms with E-state index in [0.29, 0.717) is 5.75 Å². The first kappa shape index (κ1) is 16.6. The predicted octanol–water partition coefficient (Wildman–Crippen LogP) is 2.55. The molecule has 1 rings (SSSR count). The molecule has 1 aromatic rings. The Hall–Kier alpha value is -1.49. The van der Waals surface area contributed by atoms with Crippen LogP contribution in [0.25, 0.3) is 0 Å². The Kier molecular flexibility index (Phi) is 7.80. The maximum absolute atomic E-state index is 11.9. The van der Waals surface area contributed by atoms with Gasteiger partial charge in [-0.1, -0.05) is 43.7 Å². The summed E-state index contributed by atoms with van der Waals surface area (Å²) >= 11 is 1.58. The van der Waals surface area contributed by atoms with Crippen LogP contribution in [0.15, 0.2) is 30.3 Å². The van der Waals surface area contributed by atoms with Crippen LogP contribution in [0.3, 0.4) is 0 Å². The lowest BCUT2D eigenvalue weighted by Gasteiger charge is -2.16. The summed E-state index contributed by atoms with van der Waals surface area (Å²) in [6.07, 6.45) is 2.21. The highest BCUT2D eigenvalue weighted by molar-refractivity contribution is 7.99. The van der Waals surface area contributed by atoms with Gasteiger partial charge in [0.2, 0.25) is 5.91 Å². The van der Waals surface area contributed by atoms with E-state index in [1.54, 1.807) is 23.9 Å². The van der Waals surface area contributed by atoms with Crippen LogP contribution >= 0.6 is 11.8 Å². The van der Waals surface area contributed by atoms with Gasteiger partial charge in [-0.25, -0.2) is 4.79 Å². The first-order chi connectivity index (χ1) is 9.69. The van der Waals surface area contributed by atoms with Crippen molar-refractivity contribution in [3.8, 4) is 0 Å². The number of hydrogen-bond acceptors (Lipinski definition) is 4. The summed E-state index contributed by atoms with van der Waals surface area (Å²) in [4.78, 5) is 23.7. The third kappa shape index (κ3) is 5.65. The Bertz CT molecular complexity index is 422. The van der Waals surface area contributed by atoms with Gasteiger partial charge in [0.05, 0.1) is 12.9 Å². The van der Waals surface area contributed by atoms with Crippen LogP contribution < -0.4 is 5.32 Å². The van der Waals surface area contributed by atoms with Gasteiger partial charge in [0, 0.05) is 0 Å². The SMILES string of the molecule is CCCCSCC(=O)NC(C(=O)OC)c1ccccc1. The summed E-state index contributed by atoms with van der Waals surface area (Å²) in [5.41, 5.74) is 0.728.